The fourth-order valence-electron chi connectivity index (χ4n) is 5.19. The lowest BCUT2D eigenvalue weighted by atomic mass is 9.74. The molecule has 2 aromatic rings. The molecule has 1 saturated heterocycles. The number of amides is 1. The number of rotatable bonds is 5. The highest BCUT2D eigenvalue weighted by atomic mass is 16.7. The summed E-state index contributed by atoms with van der Waals surface area (Å²) in [5, 5.41) is 3.27. The largest absolute Gasteiger partial charge is 0.454 e. The van der Waals surface area contributed by atoms with Crippen molar-refractivity contribution >= 4 is 5.91 Å². The second-order valence-electron chi connectivity index (χ2n) is 8.73. The van der Waals surface area contributed by atoms with E-state index in [4.69, 9.17) is 14.2 Å². The van der Waals surface area contributed by atoms with Gasteiger partial charge in [0.05, 0.1) is 0 Å². The van der Waals surface area contributed by atoms with Crippen molar-refractivity contribution in [3.05, 3.63) is 59.2 Å². The summed E-state index contributed by atoms with van der Waals surface area (Å²) in [6.45, 7) is 2.32. The van der Waals surface area contributed by atoms with Gasteiger partial charge in [0.2, 0.25) is 12.7 Å². The topological polar surface area (TPSA) is 56.8 Å². The van der Waals surface area contributed by atoms with Gasteiger partial charge in [0.1, 0.15) is 0 Å². The van der Waals surface area contributed by atoms with Crippen molar-refractivity contribution in [3.8, 4) is 11.5 Å². The van der Waals surface area contributed by atoms with Gasteiger partial charge in [0.25, 0.3) is 0 Å². The van der Waals surface area contributed by atoms with Crippen LogP contribution in [0, 0.1) is 0 Å². The zero-order valence-corrected chi connectivity index (χ0v) is 17.3. The highest BCUT2D eigenvalue weighted by Crippen LogP contribution is 2.41. The van der Waals surface area contributed by atoms with Crippen molar-refractivity contribution in [3.63, 3.8) is 0 Å². The number of carbonyl (C=O) groups is 1. The third-order valence-corrected chi connectivity index (χ3v) is 6.98. The molecule has 1 N–H and O–H groups in total. The minimum atomic E-state index is -0.126. The van der Waals surface area contributed by atoms with Crippen molar-refractivity contribution in [1.29, 1.82) is 0 Å². The molecule has 1 unspecified atom stereocenters. The Morgan fingerprint density at radius 2 is 1.90 bits per heavy atom. The molecule has 0 spiro atoms. The van der Waals surface area contributed by atoms with Crippen LogP contribution in [0.1, 0.15) is 54.7 Å². The monoisotopic (exact) mass is 407 g/mol. The summed E-state index contributed by atoms with van der Waals surface area (Å²) in [6, 6.07) is 14.8. The molecule has 1 amide bonds. The molecule has 1 fully saturated rings. The van der Waals surface area contributed by atoms with Gasteiger partial charge in [0.15, 0.2) is 11.5 Å². The van der Waals surface area contributed by atoms with Crippen LogP contribution in [0.15, 0.2) is 42.5 Å². The summed E-state index contributed by atoms with van der Waals surface area (Å²) in [5.41, 5.74) is 3.83. The van der Waals surface area contributed by atoms with Crippen molar-refractivity contribution in [1.82, 2.24) is 5.32 Å². The Bertz CT molecular complexity index is 919. The van der Waals surface area contributed by atoms with Crippen LogP contribution >= 0.6 is 0 Å². The smallest absolute Gasteiger partial charge is 0.231 e. The first-order chi connectivity index (χ1) is 14.7. The third-order valence-electron chi connectivity index (χ3n) is 6.98. The van der Waals surface area contributed by atoms with Crippen LogP contribution in [0.25, 0.3) is 0 Å². The van der Waals surface area contributed by atoms with Gasteiger partial charge in [-0.15, -0.1) is 0 Å². The molecular weight excluding hydrogens is 378 g/mol. The maximum atomic E-state index is 12.9. The lowest BCUT2D eigenvalue weighted by Crippen LogP contribution is -2.44. The Morgan fingerprint density at radius 1 is 1.07 bits per heavy atom. The number of nitrogens with one attached hydrogen (secondary N) is 1. The fourth-order valence-corrected chi connectivity index (χ4v) is 5.19. The molecule has 0 aromatic heterocycles. The van der Waals surface area contributed by atoms with Crippen LogP contribution in [0.5, 0.6) is 11.5 Å². The van der Waals surface area contributed by atoms with Crippen LogP contribution in [-0.2, 0) is 21.4 Å². The summed E-state index contributed by atoms with van der Waals surface area (Å²) in [5.74, 6) is 2.05. The lowest BCUT2D eigenvalue weighted by molar-refractivity contribution is -0.122. The Balaban J connectivity index is 1.29. The van der Waals surface area contributed by atoms with E-state index < -0.39 is 0 Å². The van der Waals surface area contributed by atoms with E-state index in [9.17, 15) is 4.79 Å². The number of aryl methyl sites for hydroxylation is 1. The van der Waals surface area contributed by atoms with Crippen molar-refractivity contribution in [2.24, 2.45) is 0 Å². The highest BCUT2D eigenvalue weighted by molar-refractivity contribution is 5.77. The van der Waals surface area contributed by atoms with E-state index in [2.05, 4.69) is 41.7 Å². The quantitative estimate of drug-likeness (QED) is 0.811. The molecule has 1 atom stereocenters. The second-order valence-corrected chi connectivity index (χ2v) is 8.73. The normalized spacial score (nSPS) is 21.7. The molecule has 0 bridgehead atoms. The Kier molecular flexibility index (Phi) is 5.38. The number of hydrogen-bond acceptors (Lipinski definition) is 4. The SMILES string of the molecule is O=C(CC1CCCc2ccccc21)NCC1(c2ccc3c(c2)OCO3)CCOCC1. The van der Waals surface area contributed by atoms with Crippen molar-refractivity contribution in [2.45, 2.75) is 49.9 Å². The van der Waals surface area contributed by atoms with E-state index in [-0.39, 0.29) is 18.1 Å². The van der Waals surface area contributed by atoms with Gasteiger partial charge in [-0.3, -0.25) is 4.79 Å². The number of fused-ring (bicyclic) bond motifs is 2. The van der Waals surface area contributed by atoms with E-state index in [1.807, 2.05) is 6.07 Å². The zero-order chi connectivity index (χ0) is 20.4. The van der Waals surface area contributed by atoms with E-state index in [0.29, 0.717) is 32.1 Å². The number of benzene rings is 2. The average Bonchev–Trinajstić information content (AvgIpc) is 3.27. The number of carbonyl (C=O) groups excluding carboxylic acids is 1. The first-order valence-electron chi connectivity index (χ1n) is 11.1. The van der Waals surface area contributed by atoms with Crippen LogP contribution in [0.2, 0.25) is 0 Å². The molecule has 2 heterocycles. The molecule has 2 aromatic carbocycles. The molecule has 158 valence electrons. The standard InChI is InChI=1S/C25H29NO4/c27-24(14-19-6-3-5-18-4-1-2-7-21(18)19)26-16-25(10-12-28-13-11-25)20-8-9-22-23(15-20)30-17-29-22/h1-2,4,7-9,15,19H,3,5-6,10-14,16-17H2,(H,26,27). The van der Waals surface area contributed by atoms with Gasteiger partial charge in [-0.2, -0.15) is 0 Å². The summed E-state index contributed by atoms with van der Waals surface area (Å²) in [6.07, 6.45) is 5.71. The first-order valence-corrected chi connectivity index (χ1v) is 11.1. The maximum Gasteiger partial charge on any atom is 0.231 e. The lowest BCUT2D eigenvalue weighted by Gasteiger charge is -2.38. The zero-order valence-electron chi connectivity index (χ0n) is 17.3. The van der Waals surface area contributed by atoms with Crippen LogP contribution < -0.4 is 14.8 Å². The van der Waals surface area contributed by atoms with Gasteiger partial charge >= 0.3 is 0 Å². The number of hydrogen-bond donors (Lipinski definition) is 1. The molecule has 30 heavy (non-hydrogen) atoms. The minimum absolute atomic E-state index is 0.126. The van der Waals surface area contributed by atoms with Gasteiger partial charge in [-0.25, -0.2) is 0 Å². The Labute approximate surface area is 177 Å². The Morgan fingerprint density at radius 3 is 2.80 bits per heavy atom. The van der Waals surface area contributed by atoms with Gasteiger partial charge in [0, 0.05) is 31.6 Å². The van der Waals surface area contributed by atoms with Gasteiger partial charge in [-0.05, 0) is 66.8 Å². The average molecular weight is 408 g/mol. The summed E-state index contributed by atoms with van der Waals surface area (Å²) < 4.78 is 16.7. The predicted molar refractivity (Wildman–Crippen MR) is 114 cm³/mol. The molecule has 0 radical (unpaired) electrons. The van der Waals surface area contributed by atoms with Crippen LogP contribution in [-0.4, -0.2) is 32.5 Å². The molecular formula is C25H29NO4. The van der Waals surface area contributed by atoms with E-state index in [1.165, 1.54) is 16.7 Å². The Hall–Kier alpha value is -2.53. The van der Waals surface area contributed by atoms with Crippen LogP contribution in [0.4, 0.5) is 0 Å². The van der Waals surface area contributed by atoms with Crippen molar-refractivity contribution in [2.75, 3.05) is 26.6 Å². The molecule has 0 saturated carbocycles. The first kappa shape index (κ1) is 19.4. The van der Waals surface area contributed by atoms with Gasteiger partial charge in [-0.1, -0.05) is 30.3 Å². The molecule has 1 aliphatic carbocycles. The molecule has 5 nitrogen and oxygen atoms in total. The predicted octanol–water partition coefficient (Wildman–Crippen LogP) is 4.09. The summed E-state index contributed by atoms with van der Waals surface area (Å²) in [7, 11) is 0. The van der Waals surface area contributed by atoms with E-state index >= 15 is 0 Å². The highest BCUT2D eigenvalue weighted by Gasteiger charge is 2.36. The molecule has 5 rings (SSSR count). The van der Waals surface area contributed by atoms with Gasteiger partial charge < -0.3 is 19.5 Å². The van der Waals surface area contributed by atoms with Crippen molar-refractivity contribution < 1.29 is 19.0 Å². The molecule has 2 aliphatic heterocycles. The third kappa shape index (κ3) is 3.79. The summed E-state index contributed by atoms with van der Waals surface area (Å²) in [4.78, 5) is 12.9. The van der Waals surface area contributed by atoms with Crippen LogP contribution in [0.3, 0.4) is 0 Å². The second kappa shape index (κ2) is 8.31. The molecule has 5 heteroatoms. The summed E-state index contributed by atoms with van der Waals surface area (Å²) >= 11 is 0. The van der Waals surface area contributed by atoms with E-state index in [0.717, 1.165) is 43.6 Å². The fraction of sp³-hybridized carbons (Fsp3) is 0.480. The maximum absolute atomic E-state index is 12.9. The van der Waals surface area contributed by atoms with E-state index in [1.54, 1.807) is 0 Å². The minimum Gasteiger partial charge on any atom is -0.454 e. The number of ether oxygens (including phenoxy) is 3. The molecule has 3 aliphatic rings.